The number of nitrogens with zero attached hydrogens (tertiary/aromatic N) is 2. The van der Waals surface area contributed by atoms with Crippen LogP contribution < -0.4 is 15.5 Å². The second kappa shape index (κ2) is 6.96. The average Bonchev–Trinajstić information content (AvgIpc) is 3.17. The van der Waals surface area contributed by atoms with Gasteiger partial charge in [0.1, 0.15) is 6.04 Å². The number of H-pyrrole nitrogens is 1. The van der Waals surface area contributed by atoms with Crippen LogP contribution in [0.4, 0.5) is 10.5 Å². The number of aromatic amines is 1. The van der Waals surface area contributed by atoms with Crippen LogP contribution >= 0.6 is 0 Å². The fourth-order valence-corrected chi connectivity index (χ4v) is 3.40. The number of carbonyl (C=O) groups is 2. The molecule has 0 radical (unpaired) electrons. The van der Waals surface area contributed by atoms with Gasteiger partial charge < -0.3 is 15.5 Å². The van der Waals surface area contributed by atoms with Crippen molar-refractivity contribution < 1.29 is 9.59 Å². The quantitative estimate of drug-likeness (QED) is 0.794. The lowest BCUT2D eigenvalue weighted by molar-refractivity contribution is -0.118. The number of carbonyl (C=O) groups excluding carboxylic acids is 2. The van der Waals surface area contributed by atoms with Crippen molar-refractivity contribution in [3.05, 3.63) is 46.8 Å². The van der Waals surface area contributed by atoms with Gasteiger partial charge in [0.25, 0.3) is 0 Å². The summed E-state index contributed by atoms with van der Waals surface area (Å²) in [5.74, 6) is -0.0632. The number of aromatic nitrogens is 2. The third kappa shape index (κ3) is 3.65. The minimum atomic E-state index is -0.498. The van der Waals surface area contributed by atoms with Gasteiger partial charge in [0.05, 0.1) is 12.2 Å². The number of amides is 3. The van der Waals surface area contributed by atoms with Gasteiger partial charge in [0, 0.05) is 18.4 Å². The molecule has 0 saturated carbocycles. The molecule has 1 aliphatic rings. The zero-order chi connectivity index (χ0) is 18.0. The van der Waals surface area contributed by atoms with E-state index >= 15 is 0 Å². The summed E-state index contributed by atoms with van der Waals surface area (Å²) in [5, 5.41) is 12.1. The summed E-state index contributed by atoms with van der Waals surface area (Å²) in [6.07, 6.45) is 2.22. The standard InChI is InChI=1S/C18H23N5O2/c1-11-8-12(2)16(13(3)9-11)23-7-5-15(17(23)24)21-18(25)19-10-14-4-6-20-22-14/h4,6,8-9,15H,5,7,10H2,1-3H3,(H,20,22)(H2,19,21,25)/t15-/m0/s1. The summed E-state index contributed by atoms with van der Waals surface area (Å²) < 4.78 is 0. The summed E-state index contributed by atoms with van der Waals surface area (Å²) in [5.41, 5.74) is 5.10. The molecule has 7 nitrogen and oxygen atoms in total. The SMILES string of the molecule is Cc1cc(C)c(N2CC[C@H](NC(=O)NCc3ccn[nH]3)C2=O)c(C)c1. The normalized spacial score (nSPS) is 17.0. The van der Waals surface area contributed by atoms with E-state index in [1.165, 1.54) is 5.56 Å². The fourth-order valence-electron chi connectivity index (χ4n) is 3.40. The lowest BCUT2D eigenvalue weighted by Gasteiger charge is -2.22. The molecule has 1 aromatic carbocycles. The van der Waals surface area contributed by atoms with Crippen molar-refractivity contribution in [3.8, 4) is 0 Å². The van der Waals surface area contributed by atoms with E-state index in [9.17, 15) is 9.59 Å². The molecule has 0 spiro atoms. The van der Waals surface area contributed by atoms with Crippen LogP contribution in [0.2, 0.25) is 0 Å². The van der Waals surface area contributed by atoms with Crippen molar-refractivity contribution >= 4 is 17.6 Å². The number of urea groups is 1. The monoisotopic (exact) mass is 341 g/mol. The van der Waals surface area contributed by atoms with E-state index in [-0.39, 0.29) is 11.9 Å². The van der Waals surface area contributed by atoms with E-state index in [4.69, 9.17) is 0 Å². The Labute approximate surface area is 146 Å². The lowest BCUT2D eigenvalue weighted by Crippen LogP contribution is -2.46. The Balaban J connectivity index is 1.63. The number of anilines is 1. The first-order valence-electron chi connectivity index (χ1n) is 8.37. The highest BCUT2D eigenvalue weighted by molar-refractivity contribution is 6.02. The molecule has 2 heterocycles. The van der Waals surface area contributed by atoms with Gasteiger partial charge in [-0.2, -0.15) is 5.10 Å². The van der Waals surface area contributed by atoms with Crippen LogP contribution in [0, 0.1) is 20.8 Å². The second-order valence-electron chi connectivity index (χ2n) is 6.49. The molecule has 3 amide bonds. The highest BCUT2D eigenvalue weighted by Crippen LogP contribution is 2.29. The summed E-state index contributed by atoms with van der Waals surface area (Å²) in [6, 6.07) is 5.08. The van der Waals surface area contributed by atoms with E-state index in [2.05, 4.69) is 33.0 Å². The highest BCUT2D eigenvalue weighted by atomic mass is 16.2. The van der Waals surface area contributed by atoms with Gasteiger partial charge in [-0.25, -0.2) is 4.79 Å². The van der Waals surface area contributed by atoms with Gasteiger partial charge in [-0.05, 0) is 44.4 Å². The Kier molecular flexibility index (Phi) is 4.74. The molecule has 1 aliphatic heterocycles. The first-order valence-corrected chi connectivity index (χ1v) is 8.37. The van der Waals surface area contributed by atoms with Crippen LogP contribution in [0.3, 0.4) is 0 Å². The van der Waals surface area contributed by atoms with E-state index in [0.717, 1.165) is 22.5 Å². The van der Waals surface area contributed by atoms with Crippen LogP contribution in [0.1, 0.15) is 28.8 Å². The maximum atomic E-state index is 12.7. The predicted molar refractivity (Wildman–Crippen MR) is 95.4 cm³/mol. The maximum absolute atomic E-state index is 12.7. The van der Waals surface area contributed by atoms with Gasteiger partial charge in [0.15, 0.2) is 0 Å². The molecule has 3 rings (SSSR count). The molecule has 7 heteroatoms. The number of hydrogen-bond donors (Lipinski definition) is 3. The Hall–Kier alpha value is -2.83. The summed E-state index contributed by atoms with van der Waals surface area (Å²) in [7, 11) is 0. The zero-order valence-corrected chi connectivity index (χ0v) is 14.7. The average molecular weight is 341 g/mol. The van der Waals surface area contributed by atoms with Gasteiger partial charge in [-0.15, -0.1) is 0 Å². The third-order valence-corrected chi connectivity index (χ3v) is 4.41. The van der Waals surface area contributed by atoms with Crippen LogP contribution in [-0.4, -0.2) is 34.7 Å². The van der Waals surface area contributed by atoms with Crippen LogP contribution in [0.15, 0.2) is 24.4 Å². The van der Waals surface area contributed by atoms with Crippen LogP contribution in [0.5, 0.6) is 0 Å². The Morgan fingerprint density at radius 1 is 1.32 bits per heavy atom. The number of benzene rings is 1. The molecule has 3 N–H and O–H groups in total. The molecule has 2 aromatic rings. The predicted octanol–water partition coefficient (Wildman–Crippen LogP) is 1.94. The fraction of sp³-hybridized carbons (Fsp3) is 0.389. The second-order valence-corrected chi connectivity index (χ2v) is 6.49. The third-order valence-electron chi connectivity index (χ3n) is 4.41. The highest BCUT2D eigenvalue weighted by Gasteiger charge is 2.34. The maximum Gasteiger partial charge on any atom is 0.315 e. The smallest absolute Gasteiger partial charge is 0.315 e. The Morgan fingerprint density at radius 3 is 2.68 bits per heavy atom. The number of aryl methyl sites for hydroxylation is 3. The van der Waals surface area contributed by atoms with Crippen molar-refractivity contribution in [1.82, 2.24) is 20.8 Å². The van der Waals surface area contributed by atoms with E-state index in [1.807, 2.05) is 20.8 Å². The van der Waals surface area contributed by atoms with Gasteiger partial charge in [-0.1, -0.05) is 17.7 Å². The lowest BCUT2D eigenvalue weighted by atomic mass is 10.0. The first-order chi connectivity index (χ1) is 12.0. The minimum Gasteiger partial charge on any atom is -0.333 e. The summed E-state index contributed by atoms with van der Waals surface area (Å²) in [6.45, 7) is 7.02. The summed E-state index contributed by atoms with van der Waals surface area (Å²) in [4.78, 5) is 26.5. The molecular formula is C18H23N5O2. The molecule has 0 bridgehead atoms. The van der Waals surface area contributed by atoms with E-state index in [1.54, 1.807) is 17.2 Å². The van der Waals surface area contributed by atoms with Gasteiger partial charge >= 0.3 is 6.03 Å². The molecule has 132 valence electrons. The summed E-state index contributed by atoms with van der Waals surface area (Å²) >= 11 is 0. The van der Waals surface area contributed by atoms with E-state index in [0.29, 0.717) is 19.5 Å². The first kappa shape index (κ1) is 17.0. The van der Waals surface area contributed by atoms with Crippen molar-refractivity contribution in [1.29, 1.82) is 0 Å². The van der Waals surface area contributed by atoms with E-state index < -0.39 is 6.04 Å². The van der Waals surface area contributed by atoms with Crippen molar-refractivity contribution in [2.45, 2.75) is 39.8 Å². The van der Waals surface area contributed by atoms with Gasteiger partial charge in [0.2, 0.25) is 5.91 Å². The number of rotatable bonds is 4. The number of nitrogens with one attached hydrogen (secondary N) is 3. The minimum absolute atomic E-state index is 0.0632. The Bertz CT molecular complexity index is 762. The molecule has 0 unspecified atom stereocenters. The topological polar surface area (TPSA) is 90.1 Å². The van der Waals surface area contributed by atoms with Crippen molar-refractivity contribution in [2.24, 2.45) is 0 Å². The van der Waals surface area contributed by atoms with Crippen LogP contribution in [0.25, 0.3) is 0 Å². The molecule has 1 saturated heterocycles. The van der Waals surface area contributed by atoms with Crippen LogP contribution in [-0.2, 0) is 11.3 Å². The molecule has 0 aliphatic carbocycles. The Morgan fingerprint density at radius 2 is 2.04 bits per heavy atom. The van der Waals surface area contributed by atoms with Crippen molar-refractivity contribution in [2.75, 3.05) is 11.4 Å². The molecular weight excluding hydrogens is 318 g/mol. The van der Waals surface area contributed by atoms with Gasteiger partial charge in [-0.3, -0.25) is 9.89 Å². The molecule has 25 heavy (non-hydrogen) atoms. The number of hydrogen-bond acceptors (Lipinski definition) is 3. The largest absolute Gasteiger partial charge is 0.333 e. The molecule has 1 atom stereocenters. The molecule has 1 fully saturated rings. The zero-order valence-electron chi connectivity index (χ0n) is 14.7. The van der Waals surface area contributed by atoms with Crippen molar-refractivity contribution in [3.63, 3.8) is 0 Å². The molecule has 1 aromatic heterocycles.